The Morgan fingerprint density at radius 2 is 1.79 bits per heavy atom. The second kappa shape index (κ2) is 5.92. The summed E-state index contributed by atoms with van der Waals surface area (Å²) >= 11 is 0. The van der Waals surface area contributed by atoms with Crippen molar-refractivity contribution in [1.29, 1.82) is 0 Å². The fourth-order valence-electron chi connectivity index (χ4n) is 3.18. The van der Waals surface area contributed by atoms with Crippen LogP contribution in [0.2, 0.25) is 0 Å². The van der Waals surface area contributed by atoms with E-state index in [9.17, 15) is 9.18 Å². The maximum Gasteiger partial charge on any atom is 0.234 e. The molecule has 1 aliphatic heterocycles. The Hall–Kier alpha value is -2.95. The van der Waals surface area contributed by atoms with Crippen LogP contribution in [0.4, 0.5) is 10.1 Å². The minimum absolute atomic E-state index is 0.0673. The standard InChI is InChI=1S/C19H16FN3O/c20-16-5-1-14(2-6-16)18-9-10-23(19(18)24)17-7-3-13(4-8-17)15-11-21-22-12-15/h1-8,11-12,18H,9-10H2,(H,21,22)/t18-/m0/s1. The molecule has 5 heteroatoms. The van der Waals surface area contributed by atoms with Crippen LogP contribution in [0.3, 0.4) is 0 Å². The first-order valence-electron chi connectivity index (χ1n) is 7.88. The quantitative estimate of drug-likeness (QED) is 0.799. The number of aromatic amines is 1. The van der Waals surface area contributed by atoms with Crippen molar-refractivity contribution in [1.82, 2.24) is 10.2 Å². The van der Waals surface area contributed by atoms with Gasteiger partial charge in [0.1, 0.15) is 5.82 Å². The number of rotatable bonds is 3. The number of nitrogens with zero attached hydrogens (tertiary/aromatic N) is 2. The lowest BCUT2D eigenvalue weighted by Crippen LogP contribution is -2.26. The summed E-state index contributed by atoms with van der Waals surface area (Å²) < 4.78 is 13.1. The smallest absolute Gasteiger partial charge is 0.234 e. The highest BCUT2D eigenvalue weighted by Crippen LogP contribution is 2.33. The Bertz CT molecular complexity index is 841. The summed E-state index contributed by atoms with van der Waals surface area (Å²) in [5.41, 5.74) is 3.82. The van der Waals surface area contributed by atoms with Gasteiger partial charge >= 0.3 is 0 Å². The van der Waals surface area contributed by atoms with E-state index < -0.39 is 0 Å². The number of amides is 1. The summed E-state index contributed by atoms with van der Waals surface area (Å²) in [6.45, 7) is 0.673. The maximum absolute atomic E-state index is 13.1. The molecule has 0 unspecified atom stereocenters. The van der Waals surface area contributed by atoms with Crippen LogP contribution in [0.1, 0.15) is 17.9 Å². The number of benzene rings is 2. The van der Waals surface area contributed by atoms with Crippen LogP contribution in [0.15, 0.2) is 60.9 Å². The Kier molecular flexibility index (Phi) is 3.61. The van der Waals surface area contributed by atoms with E-state index in [1.165, 1.54) is 12.1 Å². The average Bonchev–Trinajstić information content (AvgIpc) is 3.26. The van der Waals surface area contributed by atoms with Crippen molar-refractivity contribution in [2.24, 2.45) is 0 Å². The summed E-state index contributed by atoms with van der Waals surface area (Å²) in [6.07, 6.45) is 4.34. The second-order valence-corrected chi connectivity index (χ2v) is 5.92. The number of H-pyrrole nitrogens is 1. The predicted molar refractivity (Wildman–Crippen MR) is 90.1 cm³/mol. The summed E-state index contributed by atoms with van der Waals surface area (Å²) in [7, 11) is 0. The highest BCUT2D eigenvalue weighted by Gasteiger charge is 2.33. The van der Waals surface area contributed by atoms with Crippen molar-refractivity contribution in [2.75, 3.05) is 11.4 Å². The molecule has 1 aliphatic rings. The van der Waals surface area contributed by atoms with Crippen molar-refractivity contribution in [3.05, 3.63) is 72.3 Å². The van der Waals surface area contributed by atoms with Crippen LogP contribution in [0.25, 0.3) is 11.1 Å². The largest absolute Gasteiger partial charge is 0.312 e. The molecule has 1 aromatic heterocycles. The van der Waals surface area contributed by atoms with E-state index >= 15 is 0 Å². The molecule has 0 radical (unpaired) electrons. The minimum atomic E-state index is -0.282. The number of anilines is 1. The number of carbonyl (C=O) groups excluding carboxylic acids is 1. The van der Waals surface area contributed by atoms with Gasteiger partial charge in [-0.2, -0.15) is 5.10 Å². The van der Waals surface area contributed by atoms with Gasteiger partial charge in [0.15, 0.2) is 0 Å². The Balaban J connectivity index is 1.55. The molecule has 1 fully saturated rings. The molecule has 0 bridgehead atoms. The van der Waals surface area contributed by atoms with Crippen molar-refractivity contribution >= 4 is 11.6 Å². The first-order valence-corrected chi connectivity index (χ1v) is 7.88. The van der Waals surface area contributed by atoms with E-state index in [0.717, 1.165) is 28.8 Å². The zero-order valence-electron chi connectivity index (χ0n) is 12.9. The zero-order valence-corrected chi connectivity index (χ0v) is 12.9. The molecule has 2 aromatic carbocycles. The van der Waals surface area contributed by atoms with Gasteiger partial charge in [0, 0.05) is 24.0 Å². The number of nitrogens with one attached hydrogen (secondary N) is 1. The van der Waals surface area contributed by atoms with E-state index in [1.54, 1.807) is 23.2 Å². The Labute approximate surface area is 138 Å². The van der Waals surface area contributed by atoms with E-state index in [0.29, 0.717) is 6.54 Å². The molecule has 120 valence electrons. The third-order valence-corrected chi connectivity index (χ3v) is 4.49. The number of hydrogen-bond donors (Lipinski definition) is 1. The van der Waals surface area contributed by atoms with Crippen molar-refractivity contribution in [3.63, 3.8) is 0 Å². The van der Waals surface area contributed by atoms with Gasteiger partial charge in [0.2, 0.25) is 5.91 Å². The number of halogens is 1. The molecule has 1 atom stereocenters. The van der Waals surface area contributed by atoms with Crippen LogP contribution in [0, 0.1) is 5.82 Å². The highest BCUT2D eigenvalue weighted by atomic mass is 19.1. The molecule has 2 heterocycles. The summed E-state index contributed by atoms with van der Waals surface area (Å²) in [5.74, 6) is -0.410. The molecule has 1 amide bonds. The fourth-order valence-corrected chi connectivity index (χ4v) is 3.18. The maximum atomic E-state index is 13.1. The number of carbonyl (C=O) groups is 1. The molecular formula is C19H16FN3O. The molecule has 0 saturated carbocycles. The van der Waals surface area contributed by atoms with Gasteiger partial charge in [0.05, 0.1) is 12.1 Å². The minimum Gasteiger partial charge on any atom is -0.312 e. The van der Waals surface area contributed by atoms with E-state index in [2.05, 4.69) is 10.2 Å². The Morgan fingerprint density at radius 3 is 2.46 bits per heavy atom. The lowest BCUT2D eigenvalue weighted by molar-refractivity contribution is -0.118. The van der Waals surface area contributed by atoms with Gasteiger partial charge < -0.3 is 4.90 Å². The van der Waals surface area contributed by atoms with Gasteiger partial charge in [-0.3, -0.25) is 9.89 Å². The molecule has 24 heavy (non-hydrogen) atoms. The first kappa shape index (κ1) is 14.6. The third kappa shape index (κ3) is 2.58. The summed E-state index contributed by atoms with van der Waals surface area (Å²) in [6, 6.07) is 14.1. The van der Waals surface area contributed by atoms with E-state index in [1.807, 2.05) is 30.5 Å². The molecule has 4 nitrogen and oxygen atoms in total. The number of aromatic nitrogens is 2. The normalized spacial score (nSPS) is 17.5. The van der Waals surface area contributed by atoms with Crippen LogP contribution in [0.5, 0.6) is 0 Å². The lowest BCUT2D eigenvalue weighted by atomic mass is 9.98. The molecule has 1 N–H and O–H groups in total. The van der Waals surface area contributed by atoms with E-state index in [4.69, 9.17) is 0 Å². The van der Waals surface area contributed by atoms with Gasteiger partial charge in [-0.1, -0.05) is 24.3 Å². The van der Waals surface area contributed by atoms with Crippen LogP contribution in [-0.4, -0.2) is 22.6 Å². The third-order valence-electron chi connectivity index (χ3n) is 4.49. The molecule has 4 rings (SSSR count). The van der Waals surface area contributed by atoms with Crippen LogP contribution >= 0.6 is 0 Å². The topological polar surface area (TPSA) is 49.0 Å². The van der Waals surface area contributed by atoms with Gasteiger partial charge in [-0.15, -0.1) is 0 Å². The average molecular weight is 321 g/mol. The summed E-state index contributed by atoms with van der Waals surface area (Å²) in [5, 5.41) is 6.74. The van der Waals surface area contributed by atoms with Gasteiger partial charge in [-0.05, 0) is 41.8 Å². The Morgan fingerprint density at radius 1 is 1.04 bits per heavy atom. The molecule has 0 aliphatic carbocycles. The zero-order chi connectivity index (χ0) is 16.5. The summed E-state index contributed by atoms with van der Waals surface area (Å²) in [4.78, 5) is 14.5. The van der Waals surface area contributed by atoms with Crippen molar-refractivity contribution in [3.8, 4) is 11.1 Å². The van der Waals surface area contributed by atoms with Crippen molar-refractivity contribution in [2.45, 2.75) is 12.3 Å². The van der Waals surface area contributed by atoms with Crippen LogP contribution < -0.4 is 4.90 Å². The monoisotopic (exact) mass is 321 g/mol. The van der Waals surface area contributed by atoms with Crippen molar-refractivity contribution < 1.29 is 9.18 Å². The molecule has 1 saturated heterocycles. The lowest BCUT2D eigenvalue weighted by Gasteiger charge is -2.17. The van der Waals surface area contributed by atoms with Gasteiger partial charge in [0.25, 0.3) is 0 Å². The number of hydrogen-bond acceptors (Lipinski definition) is 2. The molecule has 3 aromatic rings. The first-order chi connectivity index (χ1) is 11.7. The van der Waals surface area contributed by atoms with E-state index in [-0.39, 0.29) is 17.6 Å². The van der Waals surface area contributed by atoms with Crippen LogP contribution in [-0.2, 0) is 4.79 Å². The van der Waals surface area contributed by atoms with Gasteiger partial charge in [-0.25, -0.2) is 4.39 Å². The highest BCUT2D eigenvalue weighted by molar-refractivity contribution is 6.00. The predicted octanol–water partition coefficient (Wildman–Crippen LogP) is 3.74. The molecular weight excluding hydrogens is 305 g/mol. The molecule has 0 spiro atoms. The SMILES string of the molecule is O=C1[C@H](c2ccc(F)cc2)CCN1c1ccc(-c2cn[nH]c2)cc1. The fraction of sp³-hybridized carbons (Fsp3) is 0.158. The second-order valence-electron chi connectivity index (χ2n) is 5.92.